The predicted octanol–water partition coefficient (Wildman–Crippen LogP) is 4.39. The van der Waals surface area contributed by atoms with Gasteiger partial charge in [-0.3, -0.25) is 14.4 Å². The molecule has 0 spiro atoms. The lowest BCUT2D eigenvalue weighted by Crippen LogP contribution is -2.69. The van der Waals surface area contributed by atoms with Gasteiger partial charge in [0, 0.05) is 26.6 Å². The molecule has 2 aromatic rings. The largest absolute Gasteiger partial charge is 0.372 e. The first-order valence-corrected chi connectivity index (χ1v) is 13.9. The van der Waals surface area contributed by atoms with Crippen molar-refractivity contribution in [2.45, 2.75) is 83.8 Å². The molecule has 0 unspecified atom stereocenters. The average Bonchev–Trinajstić information content (AvgIpc) is 2.93. The second-order valence-electron chi connectivity index (χ2n) is 10.0. The number of nitrogens with two attached hydrogens (primary N) is 1. The van der Waals surface area contributed by atoms with Gasteiger partial charge in [-0.05, 0) is 43.0 Å². The summed E-state index contributed by atoms with van der Waals surface area (Å²) in [7, 11) is 1.80. The van der Waals surface area contributed by atoms with Crippen LogP contribution >= 0.6 is 0 Å². The fourth-order valence-electron chi connectivity index (χ4n) is 5.10. The standard InChI is InChI=1S/C30H43N3O2.CH3NO/c1-5-7-9-13-21-33-24(3)28(34)32(4)30(29(33)35,22-25-14-11-10-12-15-25)27-18-16-26(17-19-27)23-31-20-8-6-2;2-1-3/h10-12,14-19,24,31H,5-9,13,20-23H2,1-4H3;1H,(H2,2,3)/t24-,30-;/m0./s1. The molecule has 38 heavy (non-hydrogen) atoms. The third-order valence-electron chi connectivity index (χ3n) is 7.37. The monoisotopic (exact) mass is 522 g/mol. The first-order valence-electron chi connectivity index (χ1n) is 13.9. The van der Waals surface area contributed by atoms with E-state index in [9.17, 15) is 9.59 Å². The fraction of sp³-hybridized carbons (Fsp3) is 0.516. The number of amides is 3. The molecule has 208 valence electrons. The summed E-state index contributed by atoms with van der Waals surface area (Å²) >= 11 is 0. The van der Waals surface area contributed by atoms with Gasteiger partial charge in [0.15, 0.2) is 5.54 Å². The van der Waals surface area contributed by atoms with E-state index >= 15 is 0 Å². The SMILES string of the molecule is CCCCCCN1C(=O)[C@](Cc2ccccc2)(c2ccc(CNCCCC)cc2)N(C)C(=O)[C@@H]1C.NC=O. The van der Waals surface area contributed by atoms with Crippen molar-refractivity contribution in [3.63, 3.8) is 0 Å². The van der Waals surface area contributed by atoms with Crippen LogP contribution in [-0.4, -0.2) is 54.2 Å². The normalized spacial score (nSPS) is 19.2. The lowest BCUT2D eigenvalue weighted by molar-refractivity contribution is -0.169. The minimum Gasteiger partial charge on any atom is -0.372 e. The quantitative estimate of drug-likeness (QED) is 0.301. The summed E-state index contributed by atoms with van der Waals surface area (Å²) in [6, 6.07) is 17.9. The number of carbonyl (C=O) groups excluding carboxylic acids is 3. The molecule has 1 heterocycles. The topological polar surface area (TPSA) is 95.7 Å². The predicted molar refractivity (Wildman–Crippen MR) is 153 cm³/mol. The maximum atomic E-state index is 14.3. The number of rotatable bonds is 13. The van der Waals surface area contributed by atoms with Gasteiger partial charge in [-0.1, -0.05) is 94.1 Å². The van der Waals surface area contributed by atoms with Crippen molar-refractivity contribution < 1.29 is 14.4 Å². The van der Waals surface area contributed by atoms with Crippen LogP contribution in [0.15, 0.2) is 54.6 Å². The Hall–Kier alpha value is -3.19. The Morgan fingerprint density at radius 1 is 0.921 bits per heavy atom. The number of hydrogen-bond acceptors (Lipinski definition) is 4. The highest BCUT2D eigenvalue weighted by Gasteiger charge is 2.54. The van der Waals surface area contributed by atoms with Crippen LogP contribution in [0.4, 0.5) is 0 Å². The first-order chi connectivity index (χ1) is 18.4. The first kappa shape index (κ1) is 31.0. The third kappa shape index (κ3) is 7.67. The zero-order valence-corrected chi connectivity index (χ0v) is 23.6. The summed E-state index contributed by atoms with van der Waals surface area (Å²) in [5.74, 6) is 0.0302. The summed E-state index contributed by atoms with van der Waals surface area (Å²) < 4.78 is 0. The Balaban J connectivity index is 0.00000161. The number of benzene rings is 2. The van der Waals surface area contributed by atoms with Gasteiger partial charge in [-0.2, -0.15) is 0 Å². The smallest absolute Gasteiger partial charge is 0.254 e. The van der Waals surface area contributed by atoms with Crippen LogP contribution in [0.25, 0.3) is 0 Å². The number of unbranched alkanes of at least 4 members (excludes halogenated alkanes) is 4. The number of nitrogens with zero attached hydrogens (tertiary/aromatic N) is 2. The van der Waals surface area contributed by atoms with Crippen LogP contribution in [0.3, 0.4) is 0 Å². The van der Waals surface area contributed by atoms with Crippen molar-refractivity contribution in [1.82, 2.24) is 15.1 Å². The van der Waals surface area contributed by atoms with E-state index < -0.39 is 11.6 Å². The molecule has 0 saturated carbocycles. The fourth-order valence-corrected chi connectivity index (χ4v) is 5.10. The molecular formula is C31H46N4O3. The molecule has 1 fully saturated rings. The number of nitrogens with one attached hydrogen (secondary N) is 1. The summed E-state index contributed by atoms with van der Waals surface area (Å²) in [6.07, 6.45) is 7.32. The Morgan fingerprint density at radius 2 is 1.55 bits per heavy atom. The van der Waals surface area contributed by atoms with E-state index in [0.717, 1.165) is 56.3 Å². The molecule has 7 heteroatoms. The minimum absolute atomic E-state index is 0.00123. The van der Waals surface area contributed by atoms with Crippen LogP contribution in [0.5, 0.6) is 0 Å². The minimum atomic E-state index is -1.05. The van der Waals surface area contributed by atoms with Gasteiger partial charge < -0.3 is 20.9 Å². The van der Waals surface area contributed by atoms with Gasteiger partial charge in [-0.15, -0.1) is 0 Å². The highest BCUT2D eigenvalue weighted by atomic mass is 16.2. The van der Waals surface area contributed by atoms with E-state index in [4.69, 9.17) is 4.79 Å². The van der Waals surface area contributed by atoms with Crippen molar-refractivity contribution in [1.29, 1.82) is 0 Å². The van der Waals surface area contributed by atoms with Crippen molar-refractivity contribution in [2.24, 2.45) is 5.73 Å². The second-order valence-corrected chi connectivity index (χ2v) is 10.0. The van der Waals surface area contributed by atoms with Crippen molar-refractivity contribution >= 4 is 18.2 Å². The third-order valence-corrected chi connectivity index (χ3v) is 7.37. The highest BCUT2D eigenvalue weighted by Crippen LogP contribution is 2.39. The highest BCUT2D eigenvalue weighted by molar-refractivity contribution is 6.00. The second kappa shape index (κ2) is 15.9. The number of piperazine rings is 1. The molecule has 0 bridgehead atoms. The summed E-state index contributed by atoms with van der Waals surface area (Å²) in [4.78, 5) is 40.0. The van der Waals surface area contributed by atoms with E-state index in [-0.39, 0.29) is 18.2 Å². The van der Waals surface area contributed by atoms with Gasteiger partial charge >= 0.3 is 0 Å². The zero-order chi connectivity index (χ0) is 28.0. The number of hydrogen-bond donors (Lipinski definition) is 2. The lowest BCUT2D eigenvalue weighted by atomic mass is 9.78. The van der Waals surface area contributed by atoms with E-state index in [1.807, 2.05) is 54.3 Å². The molecule has 3 amide bonds. The molecule has 0 aromatic heterocycles. The van der Waals surface area contributed by atoms with E-state index in [1.54, 1.807) is 11.9 Å². The molecule has 3 rings (SSSR count). The maximum Gasteiger partial charge on any atom is 0.254 e. The van der Waals surface area contributed by atoms with Crippen molar-refractivity contribution in [3.05, 3.63) is 71.3 Å². The molecule has 2 atom stereocenters. The Labute approximate surface area is 228 Å². The van der Waals surface area contributed by atoms with Crippen LogP contribution in [0.1, 0.15) is 76.0 Å². The molecule has 1 aliphatic rings. The van der Waals surface area contributed by atoms with Crippen LogP contribution in [-0.2, 0) is 32.9 Å². The molecular weight excluding hydrogens is 476 g/mol. The van der Waals surface area contributed by atoms with Crippen LogP contribution in [0.2, 0.25) is 0 Å². The molecule has 0 aliphatic carbocycles. The van der Waals surface area contributed by atoms with E-state index in [2.05, 4.69) is 37.0 Å². The Morgan fingerprint density at radius 3 is 2.16 bits per heavy atom. The summed E-state index contributed by atoms with van der Waals surface area (Å²) in [6.45, 7) is 8.66. The molecule has 1 aliphatic heterocycles. The molecule has 3 N–H and O–H groups in total. The zero-order valence-electron chi connectivity index (χ0n) is 23.6. The number of likely N-dealkylation sites (N-methyl/N-ethyl adjacent to an activating group) is 1. The average molecular weight is 523 g/mol. The number of carbonyl (C=O) groups is 3. The van der Waals surface area contributed by atoms with Gasteiger partial charge in [0.25, 0.3) is 5.91 Å². The lowest BCUT2D eigenvalue weighted by Gasteiger charge is -2.51. The van der Waals surface area contributed by atoms with E-state index in [1.165, 1.54) is 12.0 Å². The molecule has 1 saturated heterocycles. The van der Waals surface area contributed by atoms with E-state index in [0.29, 0.717) is 13.0 Å². The van der Waals surface area contributed by atoms with Gasteiger partial charge in [-0.25, -0.2) is 0 Å². The van der Waals surface area contributed by atoms with Gasteiger partial charge in [0.1, 0.15) is 6.04 Å². The Kier molecular flexibility index (Phi) is 13.0. The van der Waals surface area contributed by atoms with Crippen LogP contribution < -0.4 is 11.1 Å². The summed E-state index contributed by atoms with van der Waals surface area (Å²) in [5.41, 5.74) is 6.22. The van der Waals surface area contributed by atoms with Gasteiger partial charge in [0.05, 0.1) is 0 Å². The molecule has 2 aromatic carbocycles. The summed E-state index contributed by atoms with van der Waals surface area (Å²) in [5, 5.41) is 3.48. The van der Waals surface area contributed by atoms with Crippen molar-refractivity contribution in [2.75, 3.05) is 20.1 Å². The molecule has 0 radical (unpaired) electrons. The van der Waals surface area contributed by atoms with Crippen molar-refractivity contribution in [3.8, 4) is 0 Å². The number of primary amides is 1. The molecule has 7 nitrogen and oxygen atoms in total. The van der Waals surface area contributed by atoms with Gasteiger partial charge in [0.2, 0.25) is 12.3 Å². The maximum absolute atomic E-state index is 14.3. The van der Waals surface area contributed by atoms with Crippen LogP contribution in [0, 0.1) is 0 Å². The Bertz CT molecular complexity index is 996.